The Hall–Kier alpha value is -3.68. The summed E-state index contributed by atoms with van der Waals surface area (Å²) in [6.45, 7) is 1.71. The zero-order valence-electron chi connectivity index (χ0n) is 17.9. The topological polar surface area (TPSA) is 79.4 Å². The number of aromatic nitrogens is 2. The number of carbonyl (C=O) groups excluding carboxylic acids is 1. The maximum atomic E-state index is 13.3. The molecule has 2 heterocycles. The van der Waals surface area contributed by atoms with Crippen LogP contribution in [0.1, 0.15) is 18.4 Å². The van der Waals surface area contributed by atoms with Crippen LogP contribution in [0.15, 0.2) is 60.8 Å². The van der Waals surface area contributed by atoms with E-state index in [-0.39, 0.29) is 17.6 Å². The zero-order chi connectivity index (χ0) is 22.3. The Morgan fingerprint density at radius 3 is 2.75 bits per heavy atom. The fraction of sp³-hybridized carbons (Fsp3) is 0.292. The van der Waals surface area contributed by atoms with Crippen molar-refractivity contribution >= 4 is 23.4 Å². The molecule has 2 N–H and O–H groups in total. The maximum absolute atomic E-state index is 13.3. The number of halogens is 1. The van der Waals surface area contributed by atoms with Crippen LogP contribution in [-0.4, -0.2) is 36.1 Å². The van der Waals surface area contributed by atoms with Crippen molar-refractivity contribution < 1.29 is 13.9 Å². The van der Waals surface area contributed by atoms with Crippen LogP contribution in [0.3, 0.4) is 0 Å². The van der Waals surface area contributed by atoms with E-state index in [1.165, 1.54) is 12.1 Å². The van der Waals surface area contributed by atoms with Gasteiger partial charge < -0.3 is 20.3 Å². The zero-order valence-corrected chi connectivity index (χ0v) is 17.9. The number of hydrogen-bond acceptors (Lipinski definition) is 6. The summed E-state index contributed by atoms with van der Waals surface area (Å²) < 4.78 is 18.7. The molecule has 166 valence electrons. The van der Waals surface area contributed by atoms with E-state index in [0.717, 1.165) is 17.0 Å². The summed E-state index contributed by atoms with van der Waals surface area (Å²) in [5, 5.41) is 6.19. The highest BCUT2D eigenvalue weighted by Gasteiger charge is 2.26. The second-order valence-corrected chi connectivity index (χ2v) is 7.68. The first kappa shape index (κ1) is 21.5. The molecule has 8 heteroatoms. The van der Waals surface area contributed by atoms with E-state index in [1.807, 2.05) is 30.3 Å². The lowest BCUT2D eigenvalue weighted by Crippen LogP contribution is -2.41. The van der Waals surface area contributed by atoms with Gasteiger partial charge in [0, 0.05) is 31.7 Å². The number of ether oxygens (including phenoxy) is 1. The van der Waals surface area contributed by atoms with Crippen molar-refractivity contribution in [3.63, 3.8) is 0 Å². The Morgan fingerprint density at radius 1 is 1.16 bits per heavy atom. The van der Waals surface area contributed by atoms with Gasteiger partial charge in [0.1, 0.15) is 17.4 Å². The Morgan fingerprint density at radius 2 is 1.97 bits per heavy atom. The van der Waals surface area contributed by atoms with Gasteiger partial charge in [-0.25, -0.2) is 9.37 Å². The van der Waals surface area contributed by atoms with Gasteiger partial charge in [0.05, 0.1) is 12.8 Å². The van der Waals surface area contributed by atoms with Gasteiger partial charge in [0.25, 0.3) is 0 Å². The fourth-order valence-corrected chi connectivity index (χ4v) is 3.78. The summed E-state index contributed by atoms with van der Waals surface area (Å²) in [6, 6.07) is 15.7. The number of piperidine rings is 1. The first-order valence-electron chi connectivity index (χ1n) is 10.6. The Balaban J connectivity index is 1.32. The summed E-state index contributed by atoms with van der Waals surface area (Å²) in [7, 11) is 1.63. The van der Waals surface area contributed by atoms with Crippen LogP contribution < -0.4 is 20.3 Å². The van der Waals surface area contributed by atoms with Crippen LogP contribution in [0.25, 0.3) is 0 Å². The number of methoxy groups -OCH3 is 1. The van der Waals surface area contributed by atoms with E-state index in [0.29, 0.717) is 44.2 Å². The lowest BCUT2D eigenvalue weighted by Gasteiger charge is -2.31. The Bertz CT molecular complexity index is 1070. The molecule has 0 radical (unpaired) electrons. The van der Waals surface area contributed by atoms with Crippen LogP contribution in [0, 0.1) is 11.7 Å². The molecule has 3 aromatic rings. The first-order valence-corrected chi connectivity index (χ1v) is 10.6. The van der Waals surface area contributed by atoms with Gasteiger partial charge >= 0.3 is 0 Å². The van der Waals surface area contributed by atoms with Crippen molar-refractivity contribution in [2.24, 2.45) is 5.92 Å². The van der Waals surface area contributed by atoms with Crippen molar-refractivity contribution in [2.75, 3.05) is 30.4 Å². The molecule has 1 fully saturated rings. The quantitative estimate of drug-likeness (QED) is 0.586. The van der Waals surface area contributed by atoms with Gasteiger partial charge in [-0.1, -0.05) is 24.3 Å². The molecule has 1 aliphatic heterocycles. The smallest absolute Gasteiger partial charge is 0.227 e. The average molecular weight is 436 g/mol. The average Bonchev–Trinajstić information content (AvgIpc) is 2.83. The number of hydrogen-bond donors (Lipinski definition) is 2. The second-order valence-electron chi connectivity index (χ2n) is 7.68. The Labute approximate surface area is 186 Å². The number of nitrogens with zero attached hydrogens (tertiary/aromatic N) is 3. The van der Waals surface area contributed by atoms with Crippen molar-refractivity contribution in [1.82, 2.24) is 15.3 Å². The second kappa shape index (κ2) is 10.1. The molecule has 1 saturated heterocycles. The van der Waals surface area contributed by atoms with Gasteiger partial charge in [-0.05, 0) is 48.7 Å². The van der Waals surface area contributed by atoms with Crippen LogP contribution in [-0.2, 0) is 11.3 Å². The monoisotopic (exact) mass is 435 g/mol. The number of rotatable bonds is 7. The van der Waals surface area contributed by atoms with Gasteiger partial charge in [0.15, 0.2) is 0 Å². The van der Waals surface area contributed by atoms with Gasteiger partial charge in [-0.15, -0.1) is 0 Å². The minimum Gasteiger partial charge on any atom is -0.495 e. The minimum atomic E-state index is -0.299. The van der Waals surface area contributed by atoms with Crippen LogP contribution in [0.4, 0.5) is 21.8 Å². The maximum Gasteiger partial charge on any atom is 0.227 e. The molecule has 0 aliphatic carbocycles. The molecular weight excluding hydrogens is 409 g/mol. The number of amides is 1. The largest absolute Gasteiger partial charge is 0.495 e. The van der Waals surface area contributed by atoms with E-state index in [9.17, 15) is 9.18 Å². The standard InChI is InChI=1S/C24H26FN5O2/c1-32-21-8-3-2-7-20(21)28-22-9-12-26-24(29-22)30-13-10-18(11-14-30)23(31)27-16-17-5-4-6-19(25)15-17/h2-9,12,15,18H,10-11,13-14,16H2,1H3,(H,27,31)(H,26,28,29). The molecule has 2 aromatic carbocycles. The highest BCUT2D eigenvalue weighted by Crippen LogP contribution is 2.27. The molecule has 1 amide bonds. The highest BCUT2D eigenvalue weighted by atomic mass is 19.1. The summed E-state index contributed by atoms with van der Waals surface area (Å²) in [4.78, 5) is 23.7. The van der Waals surface area contributed by atoms with E-state index in [2.05, 4.69) is 25.5 Å². The molecule has 0 spiro atoms. The minimum absolute atomic E-state index is 0.00131. The molecular formula is C24H26FN5O2. The third-order valence-corrected chi connectivity index (χ3v) is 5.52. The molecule has 4 rings (SSSR count). The van der Waals surface area contributed by atoms with Gasteiger partial charge in [-0.2, -0.15) is 4.98 Å². The molecule has 7 nitrogen and oxygen atoms in total. The highest BCUT2D eigenvalue weighted by molar-refractivity contribution is 5.79. The molecule has 0 bridgehead atoms. The molecule has 0 unspecified atom stereocenters. The lowest BCUT2D eigenvalue weighted by molar-refractivity contribution is -0.125. The van der Waals surface area contributed by atoms with Crippen molar-refractivity contribution in [3.8, 4) is 5.75 Å². The Kier molecular flexibility index (Phi) is 6.79. The van der Waals surface area contributed by atoms with E-state index in [1.54, 1.807) is 25.4 Å². The molecule has 0 atom stereocenters. The summed E-state index contributed by atoms with van der Waals surface area (Å²) in [6.07, 6.45) is 3.14. The molecule has 32 heavy (non-hydrogen) atoms. The van der Waals surface area contributed by atoms with E-state index in [4.69, 9.17) is 4.74 Å². The van der Waals surface area contributed by atoms with Crippen LogP contribution in [0.2, 0.25) is 0 Å². The normalized spacial score (nSPS) is 14.1. The molecule has 0 saturated carbocycles. The van der Waals surface area contributed by atoms with Gasteiger partial charge in [0.2, 0.25) is 11.9 Å². The summed E-state index contributed by atoms with van der Waals surface area (Å²) in [5.41, 5.74) is 1.58. The number of para-hydroxylation sites is 2. The van der Waals surface area contributed by atoms with E-state index >= 15 is 0 Å². The summed E-state index contributed by atoms with van der Waals surface area (Å²) in [5.74, 6) is 1.67. The number of carbonyl (C=O) groups is 1. The lowest BCUT2D eigenvalue weighted by atomic mass is 9.96. The molecule has 1 aromatic heterocycles. The predicted octanol–water partition coefficient (Wildman–Crippen LogP) is 3.90. The third-order valence-electron chi connectivity index (χ3n) is 5.52. The van der Waals surface area contributed by atoms with Gasteiger partial charge in [-0.3, -0.25) is 4.79 Å². The van der Waals surface area contributed by atoms with Crippen molar-refractivity contribution in [1.29, 1.82) is 0 Å². The van der Waals surface area contributed by atoms with Crippen LogP contribution in [0.5, 0.6) is 5.75 Å². The van der Waals surface area contributed by atoms with E-state index < -0.39 is 0 Å². The van der Waals surface area contributed by atoms with Crippen molar-refractivity contribution in [2.45, 2.75) is 19.4 Å². The predicted molar refractivity (Wildman–Crippen MR) is 121 cm³/mol. The third kappa shape index (κ3) is 5.32. The molecule has 1 aliphatic rings. The van der Waals surface area contributed by atoms with Crippen LogP contribution >= 0.6 is 0 Å². The first-order chi connectivity index (χ1) is 15.6. The SMILES string of the molecule is COc1ccccc1Nc1ccnc(N2CCC(C(=O)NCc3cccc(F)c3)CC2)n1. The number of benzene rings is 2. The number of anilines is 3. The van der Waals surface area contributed by atoms with Crippen molar-refractivity contribution in [3.05, 3.63) is 72.2 Å². The number of nitrogens with one attached hydrogen (secondary N) is 2. The fourth-order valence-electron chi connectivity index (χ4n) is 3.78. The summed E-state index contributed by atoms with van der Waals surface area (Å²) >= 11 is 0.